The summed E-state index contributed by atoms with van der Waals surface area (Å²) in [5.74, 6) is 0. The van der Waals surface area contributed by atoms with Crippen LogP contribution in [0.2, 0.25) is 0 Å². The van der Waals surface area contributed by atoms with Gasteiger partial charge in [-0.1, -0.05) is 6.92 Å². The fourth-order valence-electron chi connectivity index (χ4n) is 1.31. The Balaban J connectivity index is 2.47. The second kappa shape index (κ2) is 7.03. The van der Waals surface area contributed by atoms with Crippen molar-refractivity contribution in [3.8, 4) is 0 Å². The minimum absolute atomic E-state index is 0.408. The standard InChI is InChI=1S/C10H20N4O2S2/c1-4-11-6-5-7-14(3)18(15,16)13-10-12-8-9(2)17-10/h8,11H,4-7H2,1-3H3,(H,12,13). The van der Waals surface area contributed by atoms with Gasteiger partial charge < -0.3 is 5.32 Å². The first-order valence-electron chi connectivity index (χ1n) is 5.83. The van der Waals surface area contributed by atoms with Gasteiger partial charge in [0.1, 0.15) is 0 Å². The average Bonchev–Trinajstić information content (AvgIpc) is 2.69. The first kappa shape index (κ1) is 15.4. The maximum atomic E-state index is 11.9. The topological polar surface area (TPSA) is 74.3 Å². The van der Waals surface area contributed by atoms with Gasteiger partial charge >= 0.3 is 10.2 Å². The predicted octanol–water partition coefficient (Wildman–Crippen LogP) is 1.04. The summed E-state index contributed by atoms with van der Waals surface area (Å²) >= 11 is 1.32. The van der Waals surface area contributed by atoms with E-state index in [1.165, 1.54) is 15.6 Å². The van der Waals surface area contributed by atoms with Crippen LogP contribution in [-0.4, -0.2) is 44.4 Å². The van der Waals surface area contributed by atoms with Gasteiger partial charge in [-0.05, 0) is 26.4 Å². The predicted molar refractivity (Wildman–Crippen MR) is 75.2 cm³/mol. The van der Waals surface area contributed by atoms with E-state index in [2.05, 4.69) is 15.0 Å². The molecule has 0 fully saturated rings. The van der Waals surface area contributed by atoms with E-state index in [0.29, 0.717) is 11.7 Å². The van der Waals surface area contributed by atoms with Crippen LogP contribution in [0, 0.1) is 6.92 Å². The Hall–Kier alpha value is -0.700. The Kier molecular flexibility index (Phi) is 6.00. The molecule has 0 spiro atoms. The first-order chi connectivity index (χ1) is 8.45. The van der Waals surface area contributed by atoms with Crippen molar-refractivity contribution in [3.05, 3.63) is 11.1 Å². The number of anilines is 1. The Morgan fingerprint density at radius 3 is 2.78 bits per heavy atom. The number of aryl methyl sites for hydroxylation is 1. The molecule has 0 unspecified atom stereocenters. The minimum Gasteiger partial charge on any atom is -0.317 e. The third-order valence-corrected chi connectivity index (χ3v) is 4.74. The van der Waals surface area contributed by atoms with Crippen molar-refractivity contribution < 1.29 is 8.42 Å². The fraction of sp³-hybridized carbons (Fsp3) is 0.700. The Bertz CT molecular complexity index is 458. The molecule has 8 heteroatoms. The van der Waals surface area contributed by atoms with Gasteiger partial charge in [-0.25, -0.2) is 9.71 Å². The van der Waals surface area contributed by atoms with E-state index in [-0.39, 0.29) is 0 Å². The summed E-state index contributed by atoms with van der Waals surface area (Å²) in [6.45, 7) is 6.09. The van der Waals surface area contributed by atoms with E-state index in [1.807, 2.05) is 13.8 Å². The Morgan fingerprint density at radius 2 is 2.22 bits per heavy atom. The van der Waals surface area contributed by atoms with Gasteiger partial charge in [0.05, 0.1) is 0 Å². The van der Waals surface area contributed by atoms with Crippen molar-refractivity contribution >= 4 is 26.7 Å². The zero-order valence-electron chi connectivity index (χ0n) is 10.9. The van der Waals surface area contributed by atoms with Crippen LogP contribution in [-0.2, 0) is 10.2 Å². The van der Waals surface area contributed by atoms with Crippen LogP contribution >= 0.6 is 11.3 Å². The van der Waals surface area contributed by atoms with E-state index < -0.39 is 10.2 Å². The van der Waals surface area contributed by atoms with Crippen LogP contribution in [0.25, 0.3) is 0 Å². The van der Waals surface area contributed by atoms with Crippen LogP contribution < -0.4 is 10.0 Å². The number of nitrogens with zero attached hydrogens (tertiary/aromatic N) is 2. The summed E-state index contributed by atoms with van der Waals surface area (Å²) in [5, 5.41) is 3.56. The number of aromatic nitrogens is 1. The molecule has 1 aromatic heterocycles. The molecule has 1 aromatic rings. The van der Waals surface area contributed by atoms with E-state index in [0.717, 1.165) is 24.4 Å². The van der Waals surface area contributed by atoms with Crippen LogP contribution in [0.5, 0.6) is 0 Å². The number of thiazole rings is 1. The Labute approximate surface area is 113 Å². The highest BCUT2D eigenvalue weighted by Gasteiger charge is 2.18. The van der Waals surface area contributed by atoms with E-state index in [9.17, 15) is 8.42 Å². The van der Waals surface area contributed by atoms with Gasteiger partial charge in [-0.2, -0.15) is 12.7 Å². The minimum atomic E-state index is -3.48. The van der Waals surface area contributed by atoms with Crippen LogP contribution in [0.3, 0.4) is 0 Å². The summed E-state index contributed by atoms with van der Waals surface area (Å²) in [4.78, 5) is 4.96. The second-order valence-corrected chi connectivity index (χ2v) is 6.92. The summed E-state index contributed by atoms with van der Waals surface area (Å²) < 4.78 is 27.6. The lowest BCUT2D eigenvalue weighted by molar-refractivity contribution is 0.459. The summed E-state index contributed by atoms with van der Waals surface area (Å²) in [6.07, 6.45) is 2.43. The maximum absolute atomic E-state index is 11.9. The molecule has 0 saturated heterocycles. The summed E-state index contributed by atoms with van der Waals surface area (Å²) in [5.41, 5.74) is 0. The van der Waals surface area contributed by atoms with Crippen molar-refractivity contribution in [1.82, 2.24) is 14.6 Å². The van der Waals surface area contributed by atoms with Gasteiger partial charge in [-0.15, -0.1) is 11.3 Å². The van der Waals surface area contributed by atoms with E-state index in [4.69, 9.17) is 0 Å². The molecule has 104 valence electrons. The van der Waals surface area contributed by atoms with Crippen molar-refractivity contribution in [1.29, 1.82) is 0 Å². The molecule has 0 atom stereocenters. The quantitative estimate of drug-likeness (QED) is 0.702. The van der Waals surface area contributed by atoms with E-state index in [1.54, 1.807) is 13.2 Å². The molecular formula is C10H20N4O2S2. The zero-order chi connectivity index (χ0) is 13.6. The molecular weight excluding hydrogens is 272 g/mol. The third kappa shape index (κ3) is 4.89. The third-order valence-electron chi connectivity index (χ3n) is 2.32. The molecule has 1 heterocycles. The van der Waals surface area contributed by atoms with Crippen molar-refractivity contribution in [2.24, 2.45) is 0 Å². The number of rotatable bonds is 8. The Morgan fingerprint density at radius 1 is 1.50 bits per heavy atom. The lowest BCUT2D eigenvalue weighted by atomic mass is 10.4. The van der Waals surface area contributed by atoms with Gasteiger partial charge in [0, 0.05) is 24.7 Å². The molecule has 1 rings (SSSR count). The smallest absolute Gasteiger partial charge is 0.303 e. The fourth-order valence-corrected chi connectivity index (χ4v) is 3.11. The number of hydrogen-bond acceptors (Lipinski definition) is 5. The zero-order valence-corrected chi connectivity index (χ0v) is 12.6. The highest BCUT2D eigenvalue weighted by Crippen LogP contribution is 2.18. The SMILES string of the molecule is CCNCCCN(C)S(=O)(=O)Nc1ncc(C)s1. The van der Waals surface area contributed by atoms with Gasteiger partial charge in [0.15, 0.2) is 5.13 Å². The lowest BCUT2D eigenvalue weighted by Crippen LogP contribution is -2.34. The molecule has 0 radical (unpaired) electrons. The molecule has 0 aliphatic heterocycles. The van der Waals surface area contributed by atoms with Gasteiger partial charge in [0.25, 0.3) is 0 Å². The van der Waals surface area contributed by atoms with Crippen molar-refractivity contribution in [2.45, 2.75) is 20.3 Å². The molecule has 0 aliphatic rings. The highest BCUT2D eigenvalue weighted by molar-refractivity contribution is 7.90. The molecule has 18 heavy (non-hydrogen) atoms. The van der Waals surface area contributed by atoms with Crippen LogP contribution in [0.1, 0.15) is 18.2 Å². The second-order valence-electron chi connectivity index (χ2n) is 3.91. The van der Waals surface area contributed by atoms with Crippen molar-refractivity contribution in [3.63, 3.8) is 0 Å². The van der Waals surface area contributed by atoms with E-state index >= 15 is 0 Å². The summed E-state index contributed by atoms with van der Waals surface area (Å²) in [7, 11) is -1.92. The van der Waals surface area contributed by atoms with Crippen LogP contribution in [0.15, 0.2) is 6.20 Å². The van der Waals surface area contributed by atoms with Crippen LogP contribution in [0.4, 0.5) is 5.13 Å². The molecule has 2 N–H and O–H groups in total. The van der Waals surface area contributed by atoms with Crippen molar-refractivity contribution in [2.75, 3.05) is 31.4 Å². The number of hydrogen-bond donors (Lipinski definition) is 2. The highest BCUT2D eigenvalue weighted by atomic mass is 32.2. The normalized spacial score (nSPS) is 12.0. The molecule has 0 bridgehead atoms. The summed E-state index contributed by atoms with van der Waals surface area (Å²) in [6, 6.07) is 0. The van der Waals surface area contributed by atoms with Gasteiger partial charge in [0.2, 0.25) is 0 Å². The number of nitrogens with one attached hydrogen (secondary N) is 2. The lowest BCUT2D eigenvalue weighted by Gasteiger charge is -2.16. The monoisotopic (exact) mass is 292 g/mol. The molecule has 0 amide bonds. The molecule has 6 nitrogen and oxygen atoms in total. The molecule has 0 aromatic carbocycles. The first-order valence-corrected chi connectivity index (χ1v) is 8.08. The molecule has 0 saturated carbocycles. The largest absolute Gasteiger partial charge is 0.317 e. The molecule has 0 aliphatic carbocycles. The van der Waals surface area contributed by atoms with Gasteiger partial charge in [-0.3, -0.25) is 0 Å². The maximum Gasteiger partial charge on any atom is 0.303 e. The average molecular weight is 292 g/mol.